The Labute approximate surface area is 143 Å². The Morgan fingerprint density at radius 1 is 1.13 bits per heavy atom. The van der Waals surface area contributed by atoms with Crippen molar-refractivity contribution in [3.05, 3.63) is 34.1 Å². The predicted octanol–water partition coefficient (Wildman–Crippen LogP) is 3.28. The van der Waals surface area contributed by atoms with Crippen LogP contribution in [0.5, 0.6) is 0 Å². The number of hydrogen-bond acceptors (Lipinski definition) is 3. The molecule has 0 atom stereocenters. The van der Waals surface area contributed by atoms with Gasteiger partial charge in [0.05, 0.1) is 5.56 Å². The van der Waals surface area contributed by atoms with Crippen LogP contribution in [0.15, 0.2) is 22.7 Å². The Morgan fingerprint density at radius 3 is 2.26 bits per heavy atom. The molecule has 1 aliphatic heterocycles. The minimum atomic E-state index is -0.545. The number of carbonyl (C=O) groups is 2. The molecule has 1 aromatic rings. The summed E-state index contributed by atoms with van der Waals surface area (Å²) in [6.45, 7) is 7.01. The molecule has 2 rings (SSSR count). The minimum Gasteiger partial charge on any atom is -0.444 e. The van der Waals surface area contributed by atoms with Gasteiger partial charge in [0.1, 0.15) is 11.4 Å². The molecule has 2 amide bonds. The molecule has 1 saturated heterocycles. The first-order valence-corrected chi connectivity index (χ1v) is 8.19. The number of carbonyl (C=O) groups excluding carboxylic acids is 2. The molecule has 126 valence electrons. The lowest BCUT2D eigenvalue weighted by Crippen LogP contribution is -2.51. The van der Waals surface area contributed by atoms with E-state index < -0.39 is 11.4 Å². The Kier molecular flexibility index (Phi) is 5.29. The average molecular weight is 387 g/mol. The van der Waals surface area contributed by atoms with Crippen LogP contribution in [-0.2, 0) is 4.74 Å². The van der Waals surface area contributed by atoms with Gasteiger partial charge in [-0.25, -0.2) is 9.18 Å². The van der Waals surface area contributed by atoms with Gasteiger partial charge in [-0.3, -0.25) is 4.79 Å². The lowest BCUT2D eigenvalue weighted by molar-refractivity contribution is 0.0140. The Balaban J connectivity index is 1.97. The third-order valence-electron chi connectivity index (χ3n) is 3.38. The van der Waals surface area contributed by atoms with Crippen LogP contribution in [0.3, 0.4) is 0 Å². The summed E-state index contributed by atoms with van der Waals surface area (Å²) in [5.74, 6) is -0.704. The van der Waals surface area contributed by atoms with Gasteiger partial charge in [-0.15, -0.1) is 0 Å². The molecular formula is C16H20BrFN2O3. The molecule has 0 bridgehead atoms. The van der Waals surface area contributed by atoms with E-state index in [4.69, 9.17) is 4.74 Å². The van der Waals surface area contributed by atoms with Gasteiger partial charge in [0, 0.05) is 30.7 Å². The van der Waals surface area contributed by atoms with Crippen LogP contribution in [0.2, 0.25) is 0 Å². The van der Waals surface area contributed by atoms with Gasteiger partial charge in [-0.1, -0.05) is 0 Å². The van der Waals surface area contributed by atoms with Crippen molar-refractivity contribution in [1.82, 2.24) is 9.80 Å². The van der Waals surface area contributed by atoms with E-state index in [1.165, 1.54) is 18.2 Å². The summed E-state index contributed by atoms with van der Waals surface area (Å²) in [7, 11) is 0. The topological polar surface area (TPSA) is 49.9 Å². The first kappa shape index (κ1) is 17.7. The number of ether oxygens (including phenoxy) is 1. The molecular weight excluding hydrogens is 367 g/mol. The van der Waals surface area contributed by atoms with Crippen molar-refractivity contribution in [3.63, 3.8) is 0 Å². The fourth-order valence-corrected chi connectivity index (χ4v) is 2.67. The third-order valence-corrected chi connectivity index (χ3v) is 4.07. The second-order valence-electron chi connectivity index (χ2n) is 6.38. The Bertz CT molecular complexity index is 608. The first-order chi connectivity index (χ1) is 10.7. The van der Waals surface area contributed by atoms with Crippen LogP contribution in [0.4, 0.5) is 9.18 Å². The highest BCUT2D eigenvalue weighted by Crippen LogP contribution is 2.21. The second kappa shape index (κ2) is 6.86. The Morgan fingerprint density at radius 2 is 1.70 bits per heavy atom. The Hall–Kier alpha value is -1.63. The van der Waals surface area contributed by atoms with Gasteiger partial charge in [-0.2, -0.15) is 0 Å². The van der Waals surface area contributed by atoms with Crippen LogP contribution in [0, 0.1) is 5.82 Å². The van der Waals surface area contributed by atoms with Crippen LogP contribution < -0.4 is 0 Å². The molecule has 0 saturated carbocycles. The van der Waals surface area contributed by atoms with Gasteiger partial charge in [0.15, 0.2) is 0 Å². The van der Waals surface area contributed by atoms with E-state index >= 15 is 0 Å². The summed E-state index contributed by atoms with van der Waals surface area (Å²) in [6.07, 6.45) is -0.378. The fraction of sp³-hybridized carbons (Fsp3) is 0.500. The number of benzene rings is 1. The van der Waals surface area contributed by atoms with E-state index in [1.807, 2.05) is 20.8 Å². The molecule has 0 unspecified atom stereocenters. The van der Waals surface area contributed by atoms with Crippen molar-refractivity contribution >= 4 is 27.9 Å². The molecule has 0 aromatic heterocycles. The summed E-state index contributed by atoms with van der Waals surface area (Å²) in [5.41, 5.74) is -0.257. The normalized spacial score (nSPS) is 15.5. The maximum Gasteiger partial charge on any atom is 0.410 e. The smallest absolute Gasteiger partial charge is 0.410 e. The van der Waals surface area contributed by atoms with Crippen molar-refractivity contribution in [2.45, 2.75) is 26.4 Å². The van der Waals surface area contributed by atoms with Gasteiger partial charge in [-0.05, 0) is 54.9 Å². The number of nitrogens with zero attached hydrogens (tertiary/aromatic N) is 2. The number of hydrogen-bond donors (Lipinski definition) is 0. The molecule has 0 N–H and O–H groups in total. The van der Waals surface area contributed by atoms with Crippen molar-refractivity contribution in [2.24, 2.45) is 0 Å². The average Bonchev–Trinajstić information content (AvgIpc) is 2.47. The zero-order valence-electron chi connectivity index (χ0n) is 13.4. The number of rotatable bonds is 1. The molecule has 1 heterocycles. The molecule has 5 nitrogen and oxygen atoms in total. The molecule has 0 radical (unpaired) electrons. The minimum absolute atomic E-state index is 0.250. The van der Waals surface area contributed by atoms with Gasteiger partial charge in [0.25, 0.3) is 5.91 Å². The summed E-state index contributed by atoms with van der Waals surface area (Å²) < 4.78 is 19.2. The largest absolute Gasteiger partial charge is 0.444 e. The standard InChI is InChI=1S/C16H20BrFN2O3/c1-16(2,3)23-15(22)20-8-6-19(7-9-20)14(21)12-10-11(18)4-5-13(12)17/h4-5,10H,6-9H2,1-3H3. The maximum atomic E-state index is 13.3. The zero-order chi connectivity index (χ0) is 17.2. The maximum absolute atomic E-state index is 13.3. The molecule has 23 heavy (non-hydrogen) atoms. The lowest BCUT2D eigenvalue weighted by atomic mass is 10.1. The van der Waals surface area contributed by atoms with E-state index in [0.717, 1.165) is 0 Å². The highest BCUT2D eigenvalue weighted by atomic mass is 79.9. The number of halogens is 2. The van der Waals surface area contributed by atoms with Crippen LogP contribution in [0.1, 0.15) is 31.1 Å². The fourth-order valence-electron chi connectivity index (χ4n) is 2.25. The highest BCUT2D eigenvalue weighted by molar-refractivity contribution is 9.10. The molecule has 1 aromatic carbocycles. The predicted molar refractivity (Wildman–Crippen MR) is 87.8 cm³/mol. The van der Waals surface area contributed by atoms with Crippen LogP contribution in [0.25, 0.3) is 0 Å². The molecule has 1 aliphatic rings. The third kappa shape index (κ3) is 4.67. The molecule has 0 spiro atoms. The van der Waals surface area contributed by atoms with E-state index in [-0.39, 0.29) is 17.6 Å². The molecule has 7 heteroatoms. The van der Waals surface area contributed by atoms with Gasteiger partial charge < -0.3 is 14.5 Å². The van der Waals surface area contributed by atoms with Crippen molar-refractivity contribution < 1.29 is 18.7 Å². The van der Waals surface area contributed by atoms with Crippen LogP contribution in [-0.4, -0.2) is 53.6 Å². The van der Waals surface area contributed by atoms with Crippen molar-refractivity contribution in [1.29, 1.82) is 0 Å². The number of piperazine rings is 1. The SMILES string of the molecule is CC(C)(C)OC(=O)N1CCN(C(=O)c2cc(F)ccc2Br)CC1. The van der Waals surface area contributed by atoms with Gasteiger partial charge >= 0.3 is 6.09 Å². The monoisotopic (exact) mass is 386 g/mol. The number of amides is 2. The molecule has 1 fully saturated rings. The van der Waals surface area contributed by atoms with E-state index in [9.17, 15) is 14.0 Å². The highest BCUT2D eigenvalue weighted by Gasteiger charge is 2.28. The van der Waals surface area contributed by atoms with E-state index in [0.29, 0.717) is 30.7 Å². The summed E-state index contributed by atoms with van der Waals surface area (Å²) >= 11 is 3.27. The lowest BCUT2D eigenvalue weighted by Gasteiger charge is -2.35. The quantitative estimate of drug-likeness (QED) is 0.743. The van der Waals surface area contributed by atoms with E-state index in [1.54, 1.807) is 9.80 Å². The first-order valence-electron chi connectivity index (χ1n) is 7.39. The molecule has 0 aliphatic carbocycles. The summed E-state index contributed by atoms with van der Waals surface area (Å²) in [5, 5.41) is 0. The summed E-state index contributed by atoms with van der Waals surface area (Å²) in [4.78, 5) is 27.7. The van der Waals surface area contributed by atoms with E-state index in [2.05, 4.69) is 15.9 Å². The zero-order valence-corrected chi connectivity index (χ0v) is 15.0. The van der Waals surface area contributed by atoms with Crippen molar-refractivity contribution in [3.8, 4) is 0 Å². The van der Waals surface area contributed by atoms with Gasteiger partial charge in [0.2, 0.25) is 0 Å². The second-order valence-corrected chi connectivity index (χ2v) is 7.24. The van der Waals surface area contributed by atoms with Crippen molar-refractivity contribution in [2.75, 3.05) is 26.2 Å². The van der Waals surface area contributed by atoms with Crippen LogP contribution >= 0.6 is 15.9 Å². The summed E-state index contributed by atoms with van der Waals surface area (Å²) in [6, 6.07) is 4.02.